The number of nitriles is 1. The third-order valence-corrected chi connectivity index (χ3v) is 8.50. The fourth-order valence-electron chi connectivity index (χ4n) is 4.83. The second-order valence-corrected chi connectivity index (χ2v) is 10.6. The fourth-order valence-corrected chi connectivity index (χ4v) is 6.39. The molecular formula is C21H27F3N4O3S. The van der Waals surface area contributed by atoms with Gasteiger partial charge in [0.05, 0.1) is 28.9 Å². The summed E-state index contributed by atoms with van der Waals surface area (Å²) < 4.78 is 66.2. The van der Waals surface area contributed by atoms with Gasteiger partial charge in [0, 0.05) is 31.9 Å². The number of benzene rings is 1. The number of alkyl halides is 3. The van der Waals surface area contributed by atoms with Crippen molar-refractivity contribution in [2.24, 2.45) is 23.5 Å². The quantitative estimate of drug-likeness (QED) is 0.685. The highest BCUT2D eigenvalue weighted by Crippen LogP contribution is 2.39. The lowest BCUT2D eigenvalue weighted by Gasteiger charge is -2.37. The van der Waals surface area contributed by atoms with E-state index in [0.29, 0.717) is 38.0 Å². The van der Waals surface area contributed by atoms with Crippen LogP contribution in [0.5, 0.6) is 0 Å². The van der Waals surface area contributed by atoms with Crippen molar-refractivity contribution < 1.29 is 26.4 Å². The summed E-state index contributed by atoms with van der Waals surface area (Å²) in [6.45, 7) is 3.05. The average Bonchev–Trinajstić information content (AvgIpc) is 3.20. The zero-order valence-electron chi connectivity index (χ0n) is 17.8. The van der Waals surface area contributed by atoms with E-state index in [1.54, 1.807) is 13.0 Å². The third kappa shape index (κ3) is 5.02. The Balaban J connectivity index is 1.73. The van der Waals surface area contributed by atoms with Gasteiger partial charge in [-0.15, -0.1) is 0 Å². The van der Waals surface area contributed by atoms with Gasteiger partial charge >= 0.3 is 6.18 Å². The minimum atomic E-state index is -4.62. The number of nitrogens with zero attached hydrogens (tertiary/aromatic N) is 3. The molecule has 1 amide bonds. The van der Waals surface area contributed by atoms with E-state index in [9.17, 15) is 26.4 Å². The van der Waals surface area contributed by atoms with E-state index in [1.807, 2.05) is 4.90 Å². The first-order chi connectivity index (χ1) is 15.0. The van der Waals surface area contributed by atoms with Crippen LogP contribution in [-0.4, -0.2) is 50.6 Å². The molecule has 176 valence electrons. The number of piperidine rings is 1. The van der Waals surface area contributed by atoms with Gasteiger partial charge in [0.15, 0.2) is 0 Å². The van der Waals surface area contributed by atoms with Gasteiger partial charge in [0.1, 0.15) is 0 Å². The summed E-state index contributed by atoms with van der Waals surface area (Å²) in [5.41, 5.74) is 4.59. The molecule has 32 heavy (non-hydrogen) atoms. The zero-order chi connectivity index (χ0) is 23.7. The van der Waals surface area contributed by atoms with E-state index in [-0.39, 0.29) is 30.7 Å². The lowest BCUT2D eigenvalue weighted by Crippen LogP contribution is -2.40. The lowest BCUT2D eigenvalue weighted by atomic mass is 9.78. The first-order valence-corrected chi connectivity index (χ1v) is 12.2. The standard InChI is InChI=1S/C21H27F3N4O3S/c1-2-9-32(30,31)28-12-17(18(13-28)20(26)29)14-5-7-27(8-6-14)16-4-3-15(11-25)19(10-16)21(22,23)24/h3-4,10,14,17-18H,2,5-9,12-13H2,1H3,(H2,26,29)/t17-,18+/m0/s1. The molecule has 0 radical (unpaired) electrons. The molecule has 0 saturated carbocycles. The predicted molar refractivity (Wildman–Crippen MR) is 113 cm³/mol. The molecule has 0 aliphatic carbocycles. The molecule has 2 heterocycles. The number of sulfonamides is 1. The average molecular weight is 473 g/mol. The maximum Gasteiger partial charge on any atom is 0.417 e. The predicted octanol–water partition coefficient (Wildman–Crippen LogP) is 2.57. The van der Waals surface area contributed by atoms with Crippen LogP contribution in [0.15, 0.2) is 18.2 Å². The summed E-state index contributed by atoms with van der Waals surface area (Å²) in [4.78, 5) is 13.8. The van der Waals surface area contributed by atoms with E-state index in [2.05, 4.69) is 0 Å². The van der Waals surface area contributed by atoms with Crippen molar-refractivity contribution >= 4 is 21.6 Å². The summed E-state index contributed by atoms with van der Waals surface area (Å²) >= 11 is 0. The van der Waals surface area contributed by atoms with Crippen molar-refractivity contribution in [2.75, 3.05) is 36.8 Å². The van der Waals surface area contributed by atoms with Crippen LogP contribution >= 0.6 is 0 Å². The molecule has 2 saturated heterocycles. The third-order valence-electron chi connectivity index (χ3n) is 6.49. The van der Waals surface area contributed by atoms with Gasteiger partial charge < -0.3 is 10.6 Å². The van der Waals surface area contributed by atoms with Crippen LogP contribution < -0.4 is 10.6 Å². The summed E-state index contributed by atoms with van der Waals surface area (Å²) in [5.74, 6) is -1.22. The van der Waals surface area contributed by atoms with Crippen LogP contribution in [0.1, 0.15) is 37.3 Å². The van der Waals surface area contributed by atoms with Gasteiger partial charge in [0.2, 0.25) is 15.9 Å². The molecule has 1 aromatic rings. The minimum absolute atomic E-state index is 0.0177. The number of hydrogen-bond acceptors (Lipinski definition) is 5. The lowest BCUT2D eigenvalue weighted by molar-refractivity contribution is -0.137. The Kier molecular flexibility index (Phi) is 7.05. The number of primary amides is 1. The number of hydrogen-bond donors (Lipinski definition) is 1. The van der Waals surface area contributed by atoms with Crippen LogP contribution in [0.25, 0.3) is 0 Å². The van der Waals surface area contributed by atoms with Gasteiger partial charge in [0.25, 0.3) is 0 Å². The van der Waals surface area contributed by atoms with E-state index in [4.69, 9.17) is 11.0 Å². The molecule has 2 aliphatic rings. The smallest absolute Gasteiger partial charge is 0.372 e. The Bertz CT molecular complexity index is 999. The molecule has 0 unspecified atom stereocenters. The largest absolute Gasteiger partial charge is 0.417 e. The molecule has 0 bridgehead atoms. The first kappa shape index (κ1) is 24.3. The SMILES string of the molecule is CCCS(=O)(=O)N1C[C@@H](C(N)=O)[C@H](C2CCN(c3ccc(C#N)c(C(F)(F)F)c3)CC2)C1. The van der Waals surface area contributed by atoms with Crippen molar-refractivity contribution in [3.05, 3.63) is 29.3 Å². The Morgan fingerprint density at radius 2 is 1.91 bits per heavy atom. The maximum absolute atomic E-state index is 13.3. The van der Waals surface area contributed by atoms with Crippen LogP contribution in [0.3, 0.4) is 0 Å². The Morgan fingerprint density at radius 1 is 1.25 bits per heavy atom. The van der Waals surface area contributed by atoms with Gasteiger partial charge in [-0.3, -0.25) is 4.79 Å². The molecule has 7 nitrogen and oxygen atoms in total. The van der Waals surface area contributed by atoms with Gasteiger partial charge in [-0.1, -0.05) is 6.92 Å². The molecule has 2 N–H and O–H groups in total. The molecule has 11 heteroatoms. The second kappa shape index (κ2) is 9.27. The highest BCUT2D eigenvalue weighted by Gasteiger charge is 2.45. The van der Waals surface area contributed by atoms with Gasteiger partial charge in [-0.2, -0.15) is 18.4 Å². The normalized spacial score (nSPS) is 23.3. The van der Waals surface area contributed by atoms with Gasteiger partial charge in [-0.05, 0) is 49.3 Å². The Labute approximate surface area is 186 Å². The molecule has 0 aromatic heterocycles. The second-order valence-electron chi connectivity index (χ2n) is 8.47. The number of amides is 1. The molecule has 2 fully saturated rings. The summed E-state index contributed by atoms with van der Waals surface area (Å²) in [6, 6.07) is 5.27. The highest BCUT2D eigenvalue weighted by molar-refractivity contribution is 7.89. The van der Waals surface area contributed by atoms with E-state index < -0.39 is 39.2 Å². The number of anilines is 1. The monoisotopic (exact) mass is 472 g/mol. The van der Waals surface area contributed by atoms with Crippen LogP contribution in [0.4, 0.5) is 18.9 Å². The van der Waals surface area contributed by atoms with Gasteiger partial charge in [-0.25, -0.2) is 12.7 Å². The minimum Gasteiger partial charge on any atom is -0.372 e. The molecular weight excluding hydrogens is 445 g/mol. The zero-order valence-corrected chi connectivity index (χ0v) is 18.6. The Hall–Kier alpha value is -2.32. The van der Waals surface area contributed by atoms with Crippen LogP contribution in [0, 0.1) is 29.1 Å². The number of rotatable bonds is 6. The summed E-state index contributed by atoms with van der Waals surface area (Å²) in [6.07, 6.45) is -2.92. The summed E-state index contributed by atoms with van der Waals surface area (Å²) in [7, 11) is -3.44. The Morgan fingerprint density at radius 3 is 2.44 bits per heavy atom. The molecule has 2 aliphatic heterocycles. The van der Waals surface area contributed by atoms with Crippen molar-refractivity contribution in [2.45, 2.75) is 32.4 Å². The van der Waals surface area contributed by atoms with Crippen molar-refractivity contribution in [1.29, 1.82) is 5.26 Å². The topological polar surface area (TPSA) is 108 Å². The summed E-state index contributed by atoms with van der Waals surface area (Å²) in [5, 5.41) is 8.97. The molecule has 3 rings (SSSR count). The number of nitrogens with two attached hydrogens (primary N) is 1. The van der Waals surface area contributed by atoms with E-state index >= 15 is 0 Å². The number of carbonyl (C=O) groups excluding carboxylic acids is 1. The maximum atomic E-state index is 13.3. The van der Waals surface area contributed by atoms with Crippen LogP contribution in [0.2, 0.25) is 0 Å². The number of halogens is 3. The number of carbonyl (C=O) groups is 1. The van der Waals surface area contributed by atoms with E-state index in [1.165, 1.54) is 16.4 Å². The van der Waals surface area contributed by atoms with E-state index in [0.717, 1.165) is 6.07 Å². The molecule has 0 spiro atoms. The fraction of sp³-hybridized carbons (Fsp3) is 0.619. The molecule has 2 atom stereocenters. The molecule has 1 aromatic carbocycles. The van der Waals surface area contributed by atoms with Crippen molar-refractivity contribution in [1.82, 2.24) is 4.31 Å². The first-order valence-electron chi connectivity index (χ1n) is 10.6. The van der Waals surface area contributed by atoms with Crippen LogP contribution in [-0.2, 0) is 21.0 Å². The van der Waals surface area contributed by atoms with Crippen molar-refractivity contribution in [3.8, 4) is 6.07 Å². The highest BCUT2D eigenvalue weighted by atomic mass is 32.2. The van der Waals surface area contributed by atoms with Crippen molar-refractivity contribution in [3.63, 3.8) is 0 Å².